The fourth-order valence-electron chi connectivity index (χ4n) is 2.95. The normalized spacial score (nSPS) is 20.6. The molecule has 0 amide bonds. The Labute approximate surface area is 120 Å². The summed E-state index contributed by atoms with van der Waals surface area (Å²) in [4.78, 5) is 29.2. The minimum atomic E-state index is -0.247. The van der Waals surface area contributed by atoms with Crippen molar-refractivity contribution in [1.29, 1.82) is 0 Å². The number of carbonyl (C=O) groups excluding carboxylic acids is 1. The molecule has 1 fully saturated rings. The molecule has 4 nitrogen and oxygen atoms in total. The molecule has 1 heterocycles. The van der Waals surface area contributed by atoms with Gasteiger partial charge in [-0.3, -0.25) is 4.79 Å². The monoisotopic (exact) mass is 278 g/mol. The van der Waals surface area contributed by atoms with Gasteiger partial charge in [-0.15, -0.1) is 0 Å². The maximum Gasteiger partial charge on any atom is 0.323 e. The molecular formula is C17H14N2O2. The van der Waals surface area contributed by atoms with Gasteiger partial charge in [-0.05, 0) is 36.1 Å². The summed E-state index contributed by atoms with van der Waals surface area (Å²) >= 11 is 0. The van der Waals surface area contributed by atoms with Gasteiger partial charge < -0.3 is 9.97 Å². The van der Waals surface area contributed by atoms with Gasteiger partial charge in [0.25, 0.3) is 0 Å². The molecule has 0 saturated heterocycles. The molecule has 4 rings (SSSR count). The summed E-state index contributed by atoms with van der Waals surface area (Å²) in [5.74, 6) is 0.558. The van der Waals surface area contributed by atoms with E-state index in [1.807, 2.05) is 18.2 Å². The van der Waals surface area contributed by atoms with Gasteiger partial charge in [-0.25, -0.2) is 4.79 Å². The van der Waals surface area contributed by atoms with Gasteiger partial charge in [-0.1, -0.05) is 30.3 Å². The summed E-state index contributed by atoms with van der Waals surface area (Å²) in [5, 5.41) is 0. The van der Waals surface area contributed by atoms with E-state index in [2.05, 4.69) is 22.1 Å². The lowest BCUT2D eigenvalue weighted by Crippen LogP contribution is -2.03. The first-order valence-corrected chi connectivity index (χ1v) is 7.03. The second-order valence-electron chi connectivity index (χ2n) is 5.56. The Morgan fingerprint density at radius 2 is 1.76 bits per heavy atom. The summed E-state index contributed by atoms with van der Waals surface area (Å²) in [6, 6.07) is 15.5. The van der Waals surface area contributed by atoms with E-state index in [1.165, 1.54) is 5.56 Å². The van der Waals surface area contributed by atoms with Crippen molar-refractivity contribution in [2.45, 2.75) is 12.3 Å². The molecule has 21 heavy (non-hydrogen) atoms. The van der Waals surface area contributed by atoms with Gasteiger partial charge in [-0.2, -0.15) is 0 Å². The number of aromatic nitrogens is 2. The van der Waals surface area contributed by atoms with Crippen LogP contribution in [0.4, 0.5) is 0 Å². The summed E-state index contributed by atoms with van der Waals surface area (Å²) in [7, 11) is 0. The average molecular weight is 278 g/mol. The third-order valence-corrected chi connectivity index (χ3v) is 4.16. The lowest BCUT2D eigenvalue weighted by atomic mass is 10.0. The van der Waals surface area contributed by atoms with Crippen LogP contribution in [0.3, 0.4) is 0 Å². The SMILES string of the molecule is O=C(c1ccc2[nH]c(=O)[nH]c2c1)C1CC1c1ccccc1. The molecular weight excluding hydrogens is 264 g/mol. The topological polar surface area (TPSA) is 65.7 Å². The summed E-state index contributed by atoms with van der Waals surface area (Å²) in [6.07, 6.45) is 0.907. The van der Waals surface area contributed by atoms with Gasteiger partial charge in [0.15, 0.2) is 5.78 Å². The number of nitrogens with one attached hydrogen (secondary N) is 2. The third-order valence-electron chi connectivity index (χ3n) is 4.16. The predicted octanol–water partition coefficient (Wildman–Crippen LogP) is 2.84. The minimum absolute atomic E-state index is 0.0653. The van der Waals surface area contributed by atoms with Gasteiger partial charge in [0.05, 0.1) is 11.0 Å². The fourth-order valence-corrected chi connectivity index (χ4v) is 2.95. The first-order valence-electron chi connectivity index (χ1n) is 7.03. The first-order chi connectivity index (χ1) is 10.2. The van der Waals surface area contributed by atoms with Crippen LogP contribution in [0.5, 0.6) is 0 Å². The van der Waals surface area contributed by atoms with Crippen molar-refractivity contribution in [3.63, 3.8) is 0 Å². The number of ketones is 1. The molecule has 1 aliphatic carbocycles. The second-order valence-corrected chi connectivity index (χ2v) is 5.56. The third kappa shape index (κ3) is 2.09. The molecule has 104 valence electrons. The van der Waals surface area contributed by atoms with Crippen LogP contribution in [0.1, 0.15) is 28.3 Å². The van der Waals surface area contributed by atoms with Crippen LogP contribution in [0.15, 0.2) is 53.3 Å². The van der Waals surface area contributed by atoms with Crippen molar-refractivity contribution >= 4 is 16.8 Å². The van der Waals surface area contributed by atoms with Crippen LogP contribution >= 0.6 is 0 Å². The molecule has 2 aromatic carbocycles. The number of rotatable bonds is 3. The van der Waals surface area contributed by atoms with Gasteiger partial charge in [0.1, 0.15) is 0 Å². The van der Waals surface area contributed by atoms with Crippen molar-refractivity contribution in [1.82, 2.24) is 9.97 Å². The molecule has 0 radical (unpaired) electrons. The van der Waals surface area contributed by atoms with Crippen LogP contribution in [-0.2, 0) is 0 Å². The molecule has 1 aliphatic rings. The zero-order valence-electron chi connectivity index (χ0n) is 11.3. The van der Waals surface area contributed by atoms with Crippen molar-refractivity contribution < 1.29 is 4.79 Å². The number of carbonyl (C=O) groups is 1. The van der Waals surface area contributed by atoms with Crippen LogP contribution in [-0.4, -0.2) is 15.8 Å². The van der Waals surface area contributed by atoms with Crippen LogP contribution in [0, 0.1) is 5.92 Å². The average Bonchev–Trinajstić information content (AvgIpc) is 3.22. The maximum absolute atomic E-state index is 12.5. The van der Waals surface area contributed by atoms with E-state index in [1.54, 1.807) is 18.2 Å². The van der Waals surface area contributed by atoms with E-state index in [0.717, 1.165) is 11.9 Å². The molecule has 2 unspecified atom stereocenters. The Bertz CT molecular complexity index is 876. The highest BCUT2D eigenvalue weighted by molar-refractivity contribution is 6.02. The van der Waals surface area contributed by atoms with Crippen molar-refractivity contribution in [3.05, 3.63) is 70.1 Å². The number of fused-ring (bicyclic) bond motifs is 1. The largest absolute Gasteiger partial charge is 0.323 e. The van der Waals surface area contributed by atoms with Crippen LogP contribution in [0.2, 0.25) is 0 Å². The van der Waals surface area contributed by atoms with Gasteiger partial charge >= 0.3 is 5.69 Å². The summed E-state index contributed by atoms with van der Waals surface area (Å²) < 4.78 is 0. The first kappa shape index (κ1) is 12.1. The van der Waals surface area contributed by atoms with Crippen LogP contribution < -0.4 is 5.69 Å². The zero-order chi connectivity index (χ0) is 14.4. The predicted molar refractivity (Wildman–Crippen MR) is 80.5 cm³/mol. The smallest absolute Gasteiger partial charge is 0.306 e. The standard InChI is InChI=1S/C17H14N2O2/c20-16(13-9-12(13)10-4-2-1-3-5-10)11-6-7-14-15(8-11)19-17(21)18-14/h1-8,12-13H,9H2,(H2,18,19,21). The highest BCUT2D eigenvalue weighted by atomic mass is 16.1. The molecule has 0 aliphatic heterocycles. The number of aromatic amines is 2. The van der Waals surface area contributed by atoms with Crippen molar-refractivity contribution in [2.75, 3.05) is 0 Å². The van der Waals surface area contributed by atoms with Crippen molar-refractivity contribution in [2.24, 2.45) is 5.92 Å². The molecule has 2 N–H and O–H groups in total. The highest BCUT2D eigenvalue weighted by Gasteiger charge is 2.43. The van der Waals surface area contributed by atoms with E-state index >= 15 is 0 Å². The highest BCUT2D eigenvalue weighted by Crippen LogP contribution is 2.49. The Morgan fingerprint density at radius 3 is 2.57 bits per heavy atom. The summed E-state index contributed by atoms with van der Waals surface area (Å²) in [5.41, 5.74) is 3.06. The van der Waals surface area contributed by atoms with E-state index in [9.17, 15) is 9.59 Å². The Kier molecular flexibility index (Phi) is 2.57. The molecule has 2 atom stereocenters. The molecule has 4 heteroatoms. The Balaban J connectivity index is 1.61. The maximum atomic E-state index is 12.5. The number of benzene rings is 2. The number of imidazole rings is 1. The number of Topliss-reactive ketones (excluding diaryl/α,β-unsaturated/α-hetero) is 1. The number of hydrogen-bond donors (Lipinski definition) is 2. The zero-order valence-corrected chi connectivity index (χ0v) is 11.3. The lowest BCUT2D eigenvalue weighted by Gasteiger charge is -2.01. The Morgan fingerprint density at radius 1 is 1.00 bits per heavy atom. The van der Waals surface area contributed by atoms with E-state index in [4.69, 9.17) is 0 Å². The van der Waals surface area contributed by atoms with Crippen molar-refractivity contribution in [3.8, 4) is 0 Å². The molecule has 0 spiro atoms. The lowest BCUT2D eigenvalue weighted by molar-refractivity contribution is 0.0965. The summed E-state index contributed by atoms with van der Waals surface area (Å²) in [6.45, 7) is 0. The molecule has 1 saturated carbocycles. The molecule has 0 bridgehead atoms. The fraction of sp³-hybridized carbons (Fsp3) is 0.176. The second kappa shape index (κ2) is 4.45. The molecule has 1 aromatic heterocycles. The number of hydrogen-bond acceptors (Lipinski definition) is 2. The van der Waals surface area contributed by atoms with E-state index < -0.39 is 0 Å². The number of H-pyrrole nitrogens is 2. The molecule has 3 aromatic rings. The van der Waals surface area contributed by atoms with E-state index in [-0.39, 0.29) is 17.4 Å². The minimum Gasteiger partial charge on any atom is -0.306 e. The Hall–Kier alpha value is -2.62. The quantitative estimate of drug-likeness (QED) is 0.723. The van der Waals surface area contributed by atoms with Crippen LogP contribution in [0.25, 0.3) is 11.0 Å². The van der Waals surface area contributed by atoms with Gasteiger partial charge in [0.2, 0.25) is 0 Å². The van der Waals surface area contributed by atoms with E-state index in [0.29, 0.717) is 17.0 Å². The van der Waals surface area contributed by atoms with Gasteiger partial charge in [0, 0.05) is 11.5 Å².